The van der Waals surface area contributed by atoms with E-state index in [1.807, 2.05) is 4.90 Å². The largest absolute Gasteiger partial charge is 0.495 e. The molecule has 1 aliphatic rings. The quantitative estimate of drug-likeness (QED) is 0.860. The Bertz CT molecular complexity index is 593. The van der Waals surface area contributed by atoms with Gasteiger partial charge in [-0.25, -0.2) is 0 Å². The molecule has 2 atom stereocenters. The molecular formula is C16H21ClN2O4. The van der Waals surface area contributed by atoms with Crippen LogP contribution in [0.2, 0.25) is 5.02 Å². The van der Waals surface area contributed by atoms with Gasteiger partial charge in [-0.2, -0.15) is 0 Å². The van der Waals surface area contributed by atoms with Crippen molar-refractivity contribution < 1.29 is 19.4 Å². The molecule has 2 N–H and O–H groups in total. The number of piperidine rings is 1. The topological polar surface area (TPSA) is 78.9 Å². The van der Waals surface area contributed by atoms with E-state index in [1.54, 1.807) is 25.1 Å². The number of hydrogen-bond donors (Lipinski definition) is 2. The number of aliphatic carboxylic acids is 1. The van der Waals surface area contributed by atoms with Crippen LogP contribution in [0.15, 0.2) is 18.2 Å². The molecule has 0 aromatic heterocycles. The first kappa shape index (κ1) is 17.6. The predicted octanol–water partition coefficient (Wildman–Crippen LogP) is 2.47. The number of likely N-dealkylation sites (tertiary alicyclic amines) is 1. The molecule has 2 rings (SSSR count). The van der Waals surface area contributed by atoms with Gasteiger partial charge in [-0.05, 0) is 44.5 Å². The third kappa shape index (κ3) is 4.36. The van der Waals surface area contributed by atoms with E-state index in [0.29, 0.717) is 36.0 Å². The fourth-order valence-electron chi connectivity index (χ4n) is 2.74. The van der Waals surface area contributed by atoms with Crippen molar-refractivity contribution in [2.45, 2.75) is 25.8 Å². The third-order valence-electron chi connectivity index (χ3n) is 4.15. The summed E-state index contributed by atoms with van der Waals surface area (Å²) >= 11 is 5.96. The Kier molecular flexibility index (Phi) is 5.85. The Morgan fingerprint density at radius 3 is 2.87 bits per heavy atom. The molecule has 126 valence electrons. The maximum Gasteiger partial charge on any atom is 0.307 e. The van der Waals surface area contributed by atoms with Crippen LogP contribution in [0.1, 0.15) is 19.8 Å². The molecule has 0 bridgehead atoms. The summed E-state index contributed by atoms with van der Waals surface area (Å²) in [5.41, 5.74) is 0.503. The van der Waals surface area contributed by atoms with Gasteiger partial charge in [-0.15, -0.1) is 0 Å². The fourth-order valence-corrected chi connectivity index (χ4v) is 2.91. The molecule has 0 saturated carbocycles. The number of ether oxygens (including phenoxy) is 1. The van der Waals surface area contributed by atoms with Crippen LogP contribution in [-0.4, -0.2) is 48.1 Å². The number of carbonyl (C=O) groups is 2. The average Bonchev–Trinajstić information content (AvgIpc) is 2.54. The molecule has 1 aliphatic heterocycles. The number of nitrogens with one attached hydrogen (secondary N) is 1. The summed E-state index contributed by atoms with van der Waals surface area (Å²) in [6, 6.07) is 4.56. The Morgan fingerprint density at radius 1 is 1.48 bits per heavy atom. The number of halogens is 1. The summed E-state index contributed by atoms with van der Waals surface area (Å²) in [6.07, 6.45) is 1.43. The number of methoxy groups -OCH3 is 1. The molecule has 1 amide bonds. The van der Waals surface area contributed by atoms with Crippen LogP contribution >= 0.6 is 11.6 Å². The van der Waals surface area contributed by atoms with E-state index < -0.39 is 17.9 Å². The summed E-state index contributed by atoms with van der Waals surface area (Å²) in [4.78, 5) is 25.5. The van der Waals surface area contributed by atoms with E-state index in [-0.39, 0.29) is 5.91 Å². The Balaban J connectivity index is 2.05. The smallest absolute Gasteiger partial charge is 0.307 e. The van der Waals surface area contributed by atoms with Gasteiger partial charge in [-0.1, -0.05) is 11.6 Å². The second-order valence-corrected chi connectivity index (χ2v) is 6.12. The molecule has 23 heavy (non-hydrogen) atoms. The van der Waals surface area contributed by atoms with Crippen LogP contribution in [0.4, 0.5) is 5.69 Å². The van der Waals surface area contributed by atoms with Crippen molar-refractivity contribution in [3.8, 4) is 5.75 Å². The first-order valence-corrected chi connectivity index (χ1v) is 7.91. The number of hydrogen-bond acceptors (Lipinski definition) is 4. The van der Waals surface area contributed by atoms with Crippen LogP contribution in [0.5, 0.6) is 5.75 Å². The SMILES string of the molecule is COc1ccc(Cl)cc1NC(=O)C(C)N1CCCC(C(=O)O)C1. The van der Waals surface area contributed by atoms with E-state index >= 15 is 0 Å². The molecule has 6 nitrogen and oxygen atoms in total. The van der Waals surface area contributed by atoms with E-state index in [9.17, 15) is 9.59 Å². The summed E-state index contributed by atoms with van der Waals surface area (Å²) < 4.78 is 5.21. The highest BCUT2D eigenvalue weighted by molar-refractivity contribution is 6.31. The summed E-state index contributed by atoms with van der Waals surface area (Å²) in [7, 11) is 1.52. The van der Waals surface area contributed by atoms with E-state index in [2.05, 4.69) is 5.32 Å². The van der Waals surface area contributed by atoms with Crippen molar-refractivity contribution in [3.05, 3.63) is 23.2 Å². The van der Waals surface area contributed by atoms with Crippen molar-refractivity contribution >= 4 is 29.2 Å². The summed E-state index contributed by atoms with van der Waals surface area (Å²) in [5.74, 6) is -0.910. The number of anilines is 1. The first-order valence-electron chi connectivity index (χ1n) is 7.53. The van der Waals surface area contributed by atoms with Crippen LogP contribution in [-0.2, 0) is 9.59 Å². The van der Waals surface area contributed by atoms with Crippen molar-refractivity contribution in [1.82, 2.24) is 4.90 Å². The fraction of sp³-hybridized carbons (Fsp3) is 0.500. The maximum atomic E-state index is 12.5. The molecular weight excluding hydrogens is 320 g/mol. The number of nitrogens with zero attached hydrogens (tertiary/aromatic N) is 1. The third-order valence-corrected chi connectivity index (χ3v) is 4.38. The van der Waals surface area contributed by atoms with Crippen molar-refractivity contribution in [2.75, 3.05) is 25.5 Å². The van der Waals surface area contributed by atoms with Gasteiger partial charge >= 0.3 is 5.97 Å². The lowest BCUT2D eigenvalue weighted by atomic mass is 9.97. The standard InChI is InChI=1S/C16H21ClN2O4/c1-10(19-7-3-4-11(9-19)16(21)22)15(20)18-13-8-12(17)5-6-14(13)23-2/h5-6,8,10-11H,3-4,7,9H2,1-2H3,(H,18,20)(H,21,22). The second-order valence-electron chi connectivity index (χ2n) is 5.68. The van der Waals surface area contributed by atoms with Crippen LogP contribution in [0, 0.1) is 5.92 Å². The van der Waals surface area contributed by atoms with E-state index in [4.69, 9.17) is 21.4 Å². The number of amides is 1. The predicted molar refractivity (Wildman–Crippen MR) is 88.0 cm³/mol. The molecule has 1 heterocycles. The molecule has 1 aromatic rings. The Labute approximate surface area is 140 Å². The molecule has 1 aromatic carbocycles. The van der Waals surface area contributed by atoms with Gasteiger partial charge in [-0.3, -0.25) is 14.5 Å². The number of benzene rings is 1. The number of carboxylic acid groups (broad SMARTS) is 1. The van der Waals surface area contributed by atoms with Crippen LogP contribution in [0.3, 0.4) is 0 Å². The minimum absolute atomic E-state index is 0.211. The minimum atomic E-state index is -0.807. The van der Waals surface area contributed by atoms with Gasteiger partial charge in [0.1, 0.15) is 5.75 Å². The molecule has 1 fully saturated rings. The molecule has 1 saturated heterocycles. The van der Waals surface area contributed by atoms with Crippen LogP contribution < -0.4 is 10.1 Å². The van der Waals surface area contributed by atoms with E-state index in [1.165, 1.54) is 7.11 Å². The molecule has 0 radical (unpaired) electrons. The van der Waals surface area contributed by atoms with Crippen molar-refractivity contribution in [2.24, 2.45) is 5.92 Å². The van der Waals surface area contributed by atoms with Crippen LogP contribution in [0.25, 0.3) is 0 Å². The highest BCUT2D eigenvalue weighted by Gasteiger charge is 2.30. The molecule has 0 aliphatic carbocycles. The summed E-state index contributed by atoms with van der Waals surface area (Å²) in [6.45, 7) is 2.87. The maximum absolute atomic E-state index is 12.5. The number of carbonyl (C=O) groups excluding carboxylic acids is 1. The molecule has 7 heteroatoms. The van der Waals surface area contributed by atoms with Gasteiger partial charge < -0.3 is 15.2 Å². The van der Waals surface area contributed by atoms with Gasteiger partial charge in [0.2, 0.25) is 5.91 Å². The monoisotopic (exact) mass is 340 g/mol. The van der Waals surface area contributed by atoms with Gasteiger partial charge in [0.25, 0.3) is 0 Å². The first-order chi connectivity index (χ1) is 10.9. The lowest BCUT2D eigenvalue weighted by Gasteiger charge is -2.34. The minimum Gasteiger partial charge on any atom is -0.495 e. The molecule has 0 spiro atoms. The van der Waals surface area contributed by atoms with E-state index in [0.717, 1.165) is 6.42 Å². The average molecular weight is 341 g/mol. The zero-order valence-electron chi connectivity index (χ0n) is 13.2. The Morgan fingerprint density at radius 2 is 2.22 bits per heavy atom. The zero-order chi connectivity index (χ0) is 17.0. The lowest BCUT2D eigenvalue weighted by molar-refractivity contribution is -0.144. The summed E-state index contributed by atoms with van der Waals surface area (Å²) in [5, 5.41) is 12.5. The van der Waals surface area contributed by atoms with Crippen molar-refractivity contribution in [1.29, 1.82) is 0 Å². The highest BCUT2D eigenvalue weighted by atomic mass is 35.5. The second kappa shape index (κ2) is 7.66. The molecule has 2 unspecified atom stereocenters. The van der Waals surface area contributed by atoms with Crippen molar-refractivity contribution in [3.63, 3.8) is 0 Å². The highest BCUT2D eigenvalue weighted by Crippen LogP contribution is 2.28. The zero-order valence-corrected chi connectivity index (χ0v) is 14.0. The number of carboxylic acids is 1. The van der Waals surface area contributed by atoms with Gasteiger partial charge in [0.15, 0.2) is 0 Å². The number of rotatable bonds is 5. The lowest BCUT2D eigenvalue weighted by Crippen LogP contribution is -2.48. The van der Waals surface area contributed by atoms with Gasteiger partial charge in [0, 0.05) is 11.6 Å². The normalized spacial score (nSPS) is 19.9. The van der Waals surface area contributed by atoms with Gasteiger partial charge in [0.05, 0.1) is 24.8 Å². The Hall–Kier alpha value is -1.79.